The third-order valence-electron chi connectivity index (χ3n) is 9.69. The van der Waals surface area contributed by atoms with Gasteiger partial charge < -0.3 is 30.7 Å². The molecule has 4 aromatic rings. The van der Waals surface area contributed by atoms with Gasteiger partial charge in [-0.15, -0.1) is 6.58 Å². The number of pyridine rings is 1. The summed E-state index contributed by atoms with van der Waals surface area (Å²) in [5.41, 5.74) is 7.13. The van der Waals surface area contributed by atoms with Crippen molar-refractivity contribution in [1.82, 2.24) is 25.2 Å². The SMILES string of the molecule is C=CC(=O)NC[C@H](N)C(=O)N1C[C@H](Oc2cc(-c3ccccc3)nc3cc(OC)ccc23)C[C@H]1C(=O)N[C@]1(C(=O)NS(=O)(=O)Cc2ccccc2)C[C@H]1C=C. The lowest BCUT2D eigenvalue weighted by Gasteiger charge is -2.28. The average Bonchev–Trinajstić information content (AvgIpc) is 3.75. The number of amides is 4. The molecular weight excluding hydrogens is 725 g/mol. The van der Waals surface area contributed by atoms with Crippen LogP contribution >= 0.6 is 0 Å². The number of hydrogen-bond acceptors (Lipinski definition) is 10. The first-order valence-electron chi connectivity index (χ1n) is 17.6. The Morgan fingerprint density at radius 1 is 1.04 bits per heavy atom. The fourth-order valence-corrected chi connectivity index (χ4v) is 7.86. The Labute approximate surface area is 318 Å². The highest BCUT2D eigenvalue weighted by Crippen LogP contribution is 2.45. The van der Waals surface area contributed by atoms with E-state index in [4.69, 9.17) is 20.2 Å². The summed E-state index contributed by atoms with van der Waals surface area (Å²) < 4.78 is 40.2. The van der Waals surface area contributed by atoms with E-state index in [0.29, 0.717) is 33.7 Å². The number of carbonyl (C=O) groups excluding carboxylic acids is 4. The quantitative estimate of drug-likeness (QED) is 0.103. The number of fused-ring (bicyclic) bond motifs is 1. The highest BCUT2D eigenvalue weighted by Gasteiger charge is 2.61. The number of methoxy groups -OCH3 is 1. The van der Waals surface area contributed by atoms with Gasteiger partial charge in [0.05, 0.1) is 30.6 Å². The molecule has 2 aliphatic rings. The Balaban J connectivity index is 1.28. The molecule has 0 unspecified atom stereocenters. The van der Waals surface area contributed by atoms with Gasteiger partial charge in [-0.2, -0.15) is 0 Å². The van der Waals surface area contributed by atoms with E-state index in [0.717, 1.165) is 11.6 Å². The molecule has 55 heavy (non-hydrogen) atoms. The lowest BCUT2D eigenvalue weighted by Crippen LogP contribution is -2.58. The normalized spacial score (nSPS) is 20.8. The maximum Gasteiger partial charge on any atom is 0.259 e. The number of nitrogens with two attached hydrogens (primary N) is 1. The number of carbonyl (C=O) groups is 4. The molecule has 0 bridgehead atoms. The lowest BCUT2D eigenvalue weighted by molar-refractivity contribution is -0.140. The number of benzene rings is 3. The summed E-state index contributed by atoms with van der Waals surface area (Å²) in [5.74, 6) is -2.80. The molecular formula is C40H42N6O8S. The van der Waals surface area contributed by atoms with Crippen LogP contribution in [0.5, 0.6) is 11.5 Å². The smallest absolute Gasteiger partial charge is 0.259 e. The van der Waals surface area contributed by atoms with Crippen LogP contribution in [0.4, 0.5) is 0 Å². The molecule has 0 spiro atoms. The molecule has 1 saturated heterocycles. The van der Waals surface area contributed by atoms with E-state index < -0.39 is 69.0 Å². The van der Waals surface area contributed by atoms with Crippen LogP contribution in [0.2, 0.25) is 0 Å². The van der Waals surface area contributed by atoms with Crippen molar-refractivity contribution < 1.29 is 37.1 Å². The Morgan fingerprint density at radius 2 is 1.75 bits per heavy atom. The second-order valence-corrected chi connectivity index (χ2v) is 15.2. The van der Waals surface area contributed by atoms with Crippen molar-refractivity contribution in [2.24, 2.45) is 11.7 Å². The standard InChI is InChI=1S/C40H42N6O8S/c1-4-27-21-40(27,39(50)45-55(51,52)24-25-12-8-6-9-13-25)44-37(48)34-19-29(23-46(34)38(49)31(41)22-42-36(47)5-2)54-35-20-32(26-14-10-7-11-15-26)43-33-18-28(53-3)16-17-30(33)35/h4-18,20,27,29,31,34H,1-2,19,21-24,41H2,3H3,(H,42,47)(H,44,48)(H,45,50)/t27-,29-,31+,34+,40-/m1/s1. The second-order valence-electron chi connectivity index (χ2n) is 13.5. The molecule has 2 fully saturated rings. The van der Waals surface area contributed by atoms with Crippen molar-refractivity contribution in [3.63, 3.8) is 0 Å². The van der Waals surface area contributed by atoms with Crippen molar-refractivity contribution in [3.8, 4) is 22.8 Å². The Morgan fingerprint density at radius 3 is 2.40 bits per heavy atom. The van der Waals surface area contributed by atoms with Gasteiger partial charge in [-0.1, -0.05) is 73.3 Å². The molecule has 5 atom stereocenters. The number of nitrogens with one attached hydrogen (secondary N) is 3. The maximum absolute atomic E-state index is 14.2. The first kappa shape index (κ1) is 38.7. The predicted octanol–water partition coefficient (Wildman–Crippen LogP) is 2.60. The van der Waals surface area contributed by atoms with E-state index in [1.54, 1.807) is 55.6 Å². The van der Waals surface area contributed by atoms with Gasteiger partial charge >= 0.3 is 0 Å². The van der Waals surface area contributed by atoms with Gasteiger partial charge in [0.25, 0.3) is 5.91 Å². The summed E-state index contributed by atoms with van der Waals surface area (Å²) in [7, 11) is -2.59. The minimum atomic E-state index is -4.14. The minimum absolute atomic E-state index is 0.00723. The van der Waals surface area contributed by atoms with Crippen molar-refractivity contribution in [3.05, 3.63) is 116 Å². The van der Waals surface area contributed by atoms with Crippen LogP contribution in [0, 0.1) is 5.92 Å². The maximum atomic E-state index is 14.2. The highest BCUT2D eigenvalue weighted by atomic mass is 32.2. The van der Waals surface area contributed by atoms with Crippen molar-refractivity contribution >= 4 is 44.6 Å². The zero-order valence-electron chi connectivity index (χ0n) is 30.1. The van der Waals surface area contributed by atoms with Crippen LogP contribution in [0.3, 0.4) is 0 Å². The number of hydrogen-bond donors (Lipinski definition) is 4. The van der Waals surface area contributed by atoms with Crippen LogP contribution < -0.4 is 30.6 Å². The Bertz CT molecular complexity index is 2240. The van der Waals surface area contributed by atoms with E-state index in [1.165, 1.54) is 11.0 Å². The van der Waals surface area contributed by atoms with Gasteiger partial charge in [0.15, 0.2) is 0 Å². The second kappa shape index (κ2) is 16.1. The minimum Gasteiger partial charge on any atom is -0.497 e. The number of sulfonamides is 1. The van der Waals surface area contributed by atoms with Crippen molar-refractivity contribution in [1.29, 1.82) is 0 Å². The molecule has 286 valence electrons. The van der Waals surface area contributed by atoms with Gasteiger partial charge in [0.2, 0.25) is 27.7 Å². The summed E-state index contributed by atoms with van der Waals surface area (Å²) in [6, 6.07) is 22.6. The molecule has 1 aromatic heterocycles. The first-order chi connectivity index (χ1) is 26.4. The molecule has 3 aromatic carbocycles. The third-order valence-corrected chi connectivity index (χ3v) is 10.9. The molecule has 1 saturated carbocycles. The number of ether oxygens (including phenoxy) is 2. The summed E-state index contributed by atoms with van der Waals surface area (Å²) in [6.07, 6.45) is 1.86. The molecule has 2 heterocycles. The predicted molar refractivity (Wildman–Crippen MR) is 206 cm³/mol. The molecule has 1 aliphatic carbocycles. The monoisotopic (exact) mass is 766 g/mol. The molecule has 4 amide bonds. The summed E-state index contributed by atoms with van der Waals surface area (Å²) in [6.45, 7) is 6.86. The summed E-state index contributed by atoms with van der Waals surface area (Å²) >= 11 is 0. The van der Waals surface area contributed by atoms with Crippen LogP contribution in [0.1, 0.15) is 18.4 Å². The molecule has 6 rings (SSSR count). The largest absolute Gasteiger partial charge is 0.497 e. The molecule has 0 radical (unpaired) electrons. The van der Waals surface area contributed by atoms with E-state index in [1.807, 2.05) is 36.4 Å². The summed E-state index contributed by atoms with van der Waals surface area (Å²) in [4.78, 5) is 59.7. The molecule has 1 aliphatic heterocycles. The molecule has 5 N–H and O–H groups in total. The van der Waals surface area contributed by atoms with E-state index in [2.05, 4.69) is 28.5 Å². The van der Waals surface area contributed by atoms with Crippen LogP contribution in [0.15, 0.2) is 110 Å². The number of aromatic nitrogens is 1. The van der Waals surface area contributed by atoms with Gasteiger partial charge in [0.1, 0.15) is 35.2 Å². The number of likely N-dealkylation sites (tertiary alicyclic amines) is 1. The highest BCUT2D eigenvalue weighted by molar-refractivity contribution is 7.89. The van der Waals surface area contributed by atoms with E-state index in [-0.39, 0.29) is 25.9 Å². The van der Waals surface area contributed by atoms with Gasteiger partial charge in [-0.3, -0.25) is 23.9 Å². The zero-order chi connectivity index (χ0) is 39.3. The molecule has 14 nitrogen and oxygen atoms in total. The lowest BCUT2D eigenvalue weighted by atomic mass is 10.1. The van der Waals surface area contributed by atoms with Crippen LogP contribution in [-0.4, -0.2) is 85.9 Å². The van der Waals surface area contributed by atoms with Gasteiger partial charge in [-0.05, 0) is 30.2 Å². The van der Waals surface area contributed by atoms with Crippen LogP contribution in [0.25, 0.3) is 22.2 Å². The number of nitrogens with zero attached hydrogens (tertiary/aromatic N) is 2. The van der Waals surface area contributed by atoms with Crippen LogP contribution in [-0.2, 0) is 35.0 Å². The third kappa shape index (κ3) is 8.68. The molecule has 15 heteroatoms. The Hall–Kier alpha value is -6.06. The van der Waals surface area contributed by atoms with E-state index >= 15 is 0 Å². The van der Waals surface area contributed by atoms with Gasteiger partial charge in [0, 0.05) is 42.0 Å². The first-order valence-corrected chi connectivity index (χ1v) is 19.2. The summed E-state index contributed by atoms with van der Waals surface area (Å²) in [5, 5.41) is 5.91. The fourth-order valence-electron chi connectivity index (χ4n) is 6.69. The van der Waals surface area contributed by atoms with Gasteiger partial charge in [-0.25, -0.2) is 13.4 Å². The fraction of sp³-hybridized carbons (Fsp3) is 0.275. The topological polar surface area (TPSA) is 199 Å². The number of rotatable bonds is 15. The zero-order valence-corrected chi connectivity index (χ0v) is 31.0. The van der Waals surface area contributed by atoms with Crippen molar-refractivity contribution in [2.45, 2.75) is 42.3 Å². The average molecular weight is 767 g/mol. The Kier molecular flexibility index (Phi) is 11.3. The van der Waals surface area contributed by atoms with E-state index in [9.17, 15) is 27.6 Å². The van der Waals surface area contributed by atoms with Crippen molar-refractivity contribution in [2.75, 3.05) is 20.2 Å².